The number of benzene rings is 1. The highest BCUT2D eigenvalue weighted by molar-refractivity contribution is 5.93. The Kier molecular flexibility index (Phi) is 8.82. The highest BCUT2D eigenvalue weighted by atomic mass is 35.5. The molecule has 1 aliphatic carbocycles. The van der Waals surface area contributed by atoms with Gasteiger partial charge in [-0.3, -0.25) is 19.7 Å². The zero-order chi connectivity index (χ0) is 16.7. The number of carboxylic acid groups (broad SMARTS) is 1. The third-order valence-corrected chi connectivity index (χ3v) is 3.46. The van der Waals surface area contributed by atoms with Crippen LogP contribution in [0.4, 0.5) is 5.69 Å². The number of primary amides is 1. The first-order valence-electron chi connectivity index (χ1n) is 6.84. The molecule has 0 bridgehead atoms. The molecule has 0 saturated heterocycles. The average Bonchev–Trinajstić information content (AvgIpc) is 2.48. The molecule has 8 nitrogen and oxygen atoms in total. The number of nitro groups is 1. The lowest BCUT2D eigenvalue weighted by atomic mass is 9.87. The van der Waals surface area contributed by atoms with Crippen molar-refractivity contribution in [1.82, 2.24) is 0 Å². The first-order valence-corrected chi connectivity index (χ1v) is 6.84. The van der Waals surface area contributed by atoms with Crippen molar-refractivity contribution in [1.29, 1.82) is 0 Å². The Labute approximate surface area is 139 Å². The predicted molar refractivity (Wildman–Crippen MR) is 86.4 cm³/mol. The quantitative estimate of drug-likeness (QED) is 0.560. The summed E-state index contributed by atoms with van der Waals surface area (Å²) < 4.78 is 0. The highest BCUT2D eigenvalue weighted by Crippen LogP contribution is 2.22. The van der Waals surface area contributed by atoms with Crippen molar-refractivity contribution in [3.63, 3.8) is 0 Å². The zero-order valence-corrected chi connectivity index (χ0v) is 13.2. The van der Waals surface area contributed by atoms with E-state index in [1.54, 1.807) is 0 Å². The fourth-order valence-electron chi connectivity index (χ4n) is 2.14. The number of hydrogen-bond donors (Lipinski definition) is 3. The molecule has 0 heterocycles. The van der Waals surface area contributed by atoms with Crippen molar-refractivity contribution in [3.8, 4) is 0 Å². The first kappa shape index (κ1) is 20.8. The Balaban J connectivity index is 0.000000409. The van der Waals surface area contributed by atoms with Crippen molar-refractivity contribution in [3.05, 3.63) is 39.9 Å². The van der Waals surface area contributed by atoms with Gasteiger partial charge in [0.15, 0.2) is 0 Å². The summed E-state index contributed by atoms with van der Waals surface area (Å²) in [5.41, 5.74) is 10.5. The molecule has 0 spiro atoms. The van der Waals surface area contributed by atoms with E-state index in [2.05, 4.69) is 0 Å². The summed E-state index contributed by atoms with van der Waals surface area (Å²) in [6, 6.07) is 5.53. The normalized spacial score (nSPS) is 19.5. The minimum atomic E-state index is -0.668. The fraction of sp³-hybridized carbons (Fsp3) is 0.429. The number of carbonyl (C=O) groups excluding carboxylic acids is 1. The van der Waals surface area contributed by atoms with Crippen molar-refractivity contribution >= 4 is 30.0 Å². The summed E-state index contributed by atoms with van der Waals surface area (Å²) in [6.45, 7) is 0. The SMILES string of the molecule is Cl.NC(=O)c1cccc([N+](=O)[O-])c1.NC1CCC(C(=O)O)CC1. The number of carbonyl (C=O) groups is 2. The molecule has 1 fully saturated rings. The van der Waals surface area contributed by atoms with Crippen LogP contribution in [0.1, 0.15) is 36.0 Å². The van der Waals surface area contributed by atoms with Gasteiger partial charge in [0.1, 0.15) is 0 Å². The van der Waals surface area contributed by atoms with Crippen molar-refractivity contribution in [2.75, 3.05) is 0 Å². The van der Waals surface area contributed by atoms with Gasteiger partial charge in [0.2, 0.25) is 5.91 Å². The lowest BCUT2D eigenvalue weighted by molar-refractivity contribution is -0.384. The Hall–Kier alpha value is -2.19. The van der Waals surface area contributed by atoms with E-state index in [1.165, 1.54) is 18.2 Å². The minimum Gasteiger partial charge on any atom is -0.481 e. The van der Waals surface area contributed by atoms with Crippen LogP contribution in [-0.2, 0) is 4.79 Å². The molecular formula is C14H20ClN3O5. The van der Waals surface area contributed by atoms with Crippen LogP contribution in [0.3, 0.4) is 0 Å². The van der Waals surface area contributed by atoms with Crippen molar-refractivity contribution < 1.29 is 19.6 Å². The number of non-ortho nitro benzene ring substituents is 1. The second-order valence-electron chi connectivity index (χ2n) is 5.12. The smallest absolute Gasteiger partial charge is 0.306 e. The molecule has 5 N–H and O–H groups in total. The van der Waals surface area contributed by atoms with Crippen LogP contribution in [0, 0.1) is 16.0 Å². The molecule has 0 aliphatic heterocycles. The van der Waals surface area contributed by atoms with Crippen LogP contribution < -0.4 is 11.5 Å². The molecule has 0 aromatic heterocycles. The van der Waals surface area contributed by atoms with E-state index in [4.69, 9.17) is 16.6 Å². The number of nitro benzene ring substituents is 1. The number of halogens is 1. The Bertz CT molecular complexity index is 530. The van der Waals surface area contributed by atoms with Gasteiger partial charge in [-0.15, -0.1) is 12.4 Å². The van der Waals surface area contributed by atoms with Crippen LogP contribution >= 0.6 is 12.4 Å². The largest absolute Gasteiger partial charge is 0.481 e. The fourth-order valence-corrected chi connectivity index (χ4v) is 2.14. The predicted octanol–water partition coefficient (Wildman–Crippen LogP) is 1.70. The molecule has 1 amide bonds. The summed E-state index contributed by atoms with van der Waals surface area (Å²) in [5, 5.41) is 18.8. The number of nitrogens with two attached hydrogens (primary N) is 2. The molecule has 128 valence electrons. The summed E-state index contributed by atoms with van der Waals surface area (Å²) >= 11 is 0. The van der Waals surface area contributed by atoms with Gasteiger partial charge in [0.05, 0.1) is 10.8 Å². The van der Waals surface area contributed by atoms with Gasteiger partial charge in [0, 0.05) is 23.7 Å². The molecule has 2 rings (SSSR count). The Morgan fingerprint density at radius 1 is 1.22 bits per heavy atom. The molecule has 23 heavy (non-hydrogen) atoms. The number of nitrogens with zero attached hydrogens (tertiary/aromatic N) is 1. The molecule has 0 radical (unpaired) electrons. The van der Waals surface area contributed by atoms with Gasteiger partial charge in [-0.2, -0.15) is 0 Å². The van der Waals surface area contributed by atoms with Gasteiger partial charge in [-0.25, -0.2) is 0 Å². The van der Waals surface area contributed by atoms with Crippen LogP contribution in [-0.4, -0.2) is 27.9 Å². The summed E-state index contributed by atoms with van der Waals surface area (Å²) in [6.07, 6.45) is 3.26. The molecular weight excluding hydrogens is 326 g/mol. The molecule has 0 unspecified atom stereocenters. The summed E-state index contributed by atoms with van der Waals surface area (Å²) in [7, 11) is 0. The van der Waals surface area contributed by atoms with Gasteiger partial charge >= 0.3 is 5.97 Å². The minimum absolute atomic E-state index is 0. The average molecular weight is 346 g/mol. The van der Waals surface area contributed by atoms with Crippen molar-refractivity contribution in [2.45, 2.75) is 31.7 Å². The standard InChI is InChI=1S/C7H6N2O3.C7H13NO2.ClH/c8-7(10)5-2-1-3-6(4-5)9(11)12;8-6-3-1-5(2-4-6)7(9)10;/h1-4H,(H2,8,10);5-6H,1-4,8H2,(H,9,10);1H. The lowest BCUT2D eigenvalue weighted by Gasteiger charge is -2.22. The molecule has 1 aromatic rings. The molecule has 0 atom stereocenters. The van der Waals surface area contributed by atoms with Gasteiger partial charge < -0.3 is 16.6 Å². The number of amides is 1. The topological polar surface area (TPSA) is 150 Å². The Morgan fingerprint density at radius 3 is 2.22 bits per heavy atom. The van der Waals surface area contributed by atoms with E-state index in [9.17, 15) is 19.7 Å². The van der Waals surface area contributed by atoms with E-state index in [1.807, 2.05) is 0 Å². The van der Waals surface area contributed by atoms with E-state index in [-0.39, 0.29) is 35.6 Å². The van der Waals surface area contributed by atoms with Crippen LogP contribution in [0.2, 0.25) is 0 Å². The number of rotatable bonds is 3. The maximum absolute atomic E-state index is 10.6. The highest BCUT2D eigenvalue weighted by Gasteiger charge is 2.23. The van der Waals surface area contributed by atoms with Crippen LogP contribution in [0.15, 0.2) is 24.3 Å². The van der Waals surface area contributed by atoms with E-state index in [0.29, 0.717) is 0 Å². The monoisotopic (exact) mass is 345 g/mol. The maximum atomic E-state index is 10.6. The third-order valence-electron chi connectivity index (χ3n) is 3.46. The number of hydrogen-bond acceptors (Lipinski definition) is 5. The molecule has 1 aliphatic rings. The van der Waals surface area contributed by atoms with Crippen LogP contribution in [0.25, 0.3) is 0 Å². The van der Waals surface area contributed by atoms with Crippen LogP contribution in [0.5, 0.6) is 0 Å². The molecule has 9 heteroatoms. The summed E-state index contributed by atoms with van der Waals surface area (Å²) in [4.78, 5) is 30.6. The van der Waals surface area contributed by atoms with E-state index in [0.717, 1.165) is 31.7 Å². The van der Waals surface area contributed by atoms with E-state index < -0.39 is 16.8 Å². The Morgan fingerprint density at radius 2 is 1.78 bits per heavy atom. The van der Waals surface area contributed by atoms with E-state index >= 15 is 0 Å². The van der Waals surface area contributed by atoms with Gasteiger partial charge in [-0.1, -0.05) is 6.07 Å². The summed E-state index contributed by atoms with van der Waals surface area (Å²) in [5.74, 6) is -1.45. The van der Waals surface area contributed by atoms with Crippen molar-refractivity contribution in [2.24, 2.45) is 17.4 Å². The lowest BCUT2D eigenvalue weighted by Crippen LogP contribution is -2.29. The second kappa shape index (κ2) is 9.75. The first-order chi connectivity index (χ1) is 10.3. The number of carboxylic acids is 1. The zero-order valence-electron chi connectivity index (χ0n) is 12.4. The second-order valence-corrected chi connectivity index (χ2v) is 5.12. The molecule has 1 aromatic carbocycles. The maximum Gasteiger partial charge on any atom is 0.306 e. The molecule has 1 saturated carbocycles. The number of aliphatic carboxylic acids is 1. The third kappa shape index (κ3) is 7.07. The van der Waals surface area contributed by atoms with Gasteiger partial charge in [0.25, 0.3) is 5.69 Å². The van der Waals surface area contributed by atoms with Gasteiger partial charge in [-0.05, 0) is 31.7 Å².